The summed E-state index contributed by atoms with van der Waals surface area (Å²) in [5.41, 5.74) is 0.774. The van der Waals surface area contributed by atoms with Crippen LogP contribution in [0.5, 0.6) is 11.5 Å². The van der Waals surface area contributed by atoms with Gasteiger partial charge in [0.15, 0.2) is 11.5 Å². The maximum atomic E-state index is 13.2. The molecular formula is C19H22F2N2O4. The number of hydrogen-bond acceptors (Lipinski definition) is 5. The van der Waals surface area contributed by atoms with E-state index in [9.17, 15) is 13.6 Å². The van der Waals surface area contributed by atoms with Gasteiger partial charge in [-0.1, -0.05) is 6.07 Å². The third kappa shape index (κ3) is 2.86. The van der Waals surface area contributed by atoms with Crippen LogP contribution in [0.1, 0.15) is 25.3 Å². The van der Waals surface area contributed by atoms with Crippen molar-refractivity contribution in [2.45, 2.75) is 44.3 Å². The van der Waals surface area contributed by atoms with Gasteiger partial charge in [0.2, 0.25) is 5.91 Å². The van der Waals surface area contributed by atoms with E-state index < -0.39 is 6.29 Å². The summed E-state index contributed by atoms with van der Waals surface area (Å²) in [5, 5.41) is 2.94. The molecule has 27 heavy (non-hydrogen) atoms. The lowest BCUT2D eigenvalue weighted by molar-refractivity contribution is -0.286. The van der Waals surface area contributed by atoms with Crippen LogP contribution in [0.25, 0.3) is 0 Å². The first-order chi connectivity index (χ1) is 12.8. The lowest BCUT2D eigenvalue weighted by atomic mass is 9.73. The van der Waals surface area contributed by atoms with E-state index in [0.717, 1.165) is 31.5 Å². The van der Waals surface area contributed by atoms with Crippen molar-refractivity contribution < 1.29 is 27.8 Å². The predicted octanol–water partition coefficient (Wildman–Crippen LogP) is 2.12. The van der Waals surface area contributed by atoms with Gasteiger partial charge >= 0.3 is 6.29 Å². The molecule has 1 N–H and O–H groups in total. The quantitative estimate of drug-likeness (QED) is 0.867. The standard InChI is InChI=1S/C19H22F2N2O4/c1-11(24)22-7-13-14-9-23(10-18(14)5-4-15(13)25-18)8-12-2-3-16-17(6-12)27-19(20,21)26-16/h2-3,6,13-15H,4-5,7-10H2,1H3,(H,22,24)/t13-,14+,15+,18+/m0/s1. The molecule has 1 aromatic rings. The number of fused-ring (bicyclic) bond motifs is 2. The van der Waals surface area contributed by atoms with Crippen LogP contribution in [0.3, 0.4) is 0 Å². The van der Waals surface area contributed by atoms with E-state index in [-0.39, 0.29) is 29.1 Å². The summed E-state index contributed by atoms with van der Waals surface area (Å²) in [5.74, 6) is 0.858. The third-order valence-electron chi connectivity index (χ3n) is 6.31. The molecule has 0 aromatic heterocycles. The molecule has 1 aromatic carbocycles. The Balaban J connectivity index is 1.28. The molecule has 3 fully saturated rings. The number of alkyl halides is 2. The van der Waals surface area contributed by atoms with Gasteiger partial charge in [-0.3, -0.25) is 9.69 Å². The monoisotopic (exact) mass is 380 g/mol. The molecule has 146 valence electrons. The number of rotatable bonds is 4. The SMILES string of the molecule is CC(=O)NC[C@H]1[C@H]2CN(Cc3ccc4c(c3)OC(F)(F)O4)C[C@]23CC[C@H]1O3. The van der Waals surface area contributed by atoms with Gasteiger partial charge in [-0.25, -0.2) is 0 Å². The number of hydrogen-bond donors (Lipinski definition) is 1. The van der Waals surface area contributed by atoms with Crippen molar-refractivity contribution in [3.8, 4) is 11.5 Å². The van der Waals surface area contributed by atoms with Gasteiger partial charge in [-0.15, -0.1) is 8.78 Å². The highest BCUT2D eigenvalue weighted by Gasteiger charge is 2.62. The Labute approximate surface area is 155 Å². The maximum Gasteiger partial charge on any atom is 0.586 e. The first kappa shape index (κ1) is 17.2. The average molecular weight is 380 g/mol. The van der Waals surface area contributed by atoms with Gasteiger partial charge in [-0.05, 0) is 30.5 Å². The first-order valence-corrected chi connectivity index (χ1v) is 9.37. The van der Waals surface area contributed by atoms with E-state index in [1.165, 1.54) is 13.0 Å². The summed E-state index contributed by atoms with van der Waals surface area (Å²) in [4.78, 5) is 13.6. The number of amides is 1. The zero-order chi connectivity index (χ0) is 18.8. The number of carbonyl (C=O) groups excluding carboxylic acids is 1. The molecule has 6 nitrogen and oxygen atoms in total. The van der Waals surface area contributed by atoms with Crippen LogP contribution in [0.15, 0.2) is 18.2 Å². The van der Waals surface area contributed by atoms with Crippen molar-refractivity contribution in [2.24, 2.45) is 11.8 Å². The van der Waals surface area contributed by atoms with Crippen LogP contribution in [-0.4, -0.2) is 48.4 Å². The van der Waals surface area contributed by atoms with Crippen LogP contribution in [0.2, 0.25) is 0 Å². The molecule has 4 aliphatic rings. The molecule has 8 heteroatoms. The average Bonchev–Trinajstić information content (AvgIpc) is 3.28. The molecule has 1 amide bonds. The number of carbonyl (C=O) groups is 1. The summed E-state index contributed by atoms with van der Waals surface area (Å²) >= 11 is 0. The summed E-state index contributed by atoms with van der Waals surface area (Å²) < 4.78 is 41.8. The van der Waals surface area contributed by atoms with Gasteiger partial charge in [0.25, 0.3) is 0 Å². The molecule has 4 aliphatic heterocycles. The lowest BCUT2D eigenvalue weighted by Crippen LogP contribution is -2.41. The molecule has 2 bridgehead atoms. The zero-order valence-corrected chi connectivity index (χ0v) is 15.0. The van der Waals surface area contributed by atoms with Crippen LogP contribution in [0, 0.1) is 11.8 Å². The fourth-order valence-corrected chi connectivity index (χ4v) is 5.29. The van der Waals surface area contributed by atoms with Crippen molar-refractivity contribution in [1.29, 1.82) is 0 Å². The van der Waals surface area contributed by atoms with Crippen LogP contribution >= 0.6 is 0 Å². The first-order valence-electron chi connectivity index (χ1n) is 9.37. The van der Waals surface area contributed by atoms with Crippen molar-refractivity contribution in [1.82, 2.24) is 10.2 Å². The molecule has 3 saturated heterocycles. The molecule has 0 aliphatic carbocycles. The van der Waals surface area contributed by atoms with Gasteiger partial charge in [0, 0.05) is 44.9 Å². The predicted molar refractivity (Wildman–Crippen MR) is 90.4 cm³/mol. The Bertz CT molecular complexity index is 789. The second-order valence-electron chi connectivity index (χ2n) is 8.09. The van der Waals surface area contributed by atoms with Crippen LogP contribution < -0.4 is 14.8 Å². The van der Waals surface area contributed by atoms with Gasteiger partial charge in [-0.2, -0.15) is 0 Å². The summed E-state index contributed by atoms with van der Waals surface area (Å²) in [7, 11) is 0. The zero-order valence-electron chi connectivity index (χ0n) is 15.0. The Hall–Kier alpha value is -1.93. The van der Waals surface area contributed by atoms with Crippen LogP contribution in [0.4, 0.5) is 8.78 Å². The highest BCUT2D eigenvalue weighted by molar-refractivity contribution is 5.72. The molecule has 0 saturated carbocycles. The van der Waals surface area contributed by atoms with E-state index in [1.54, 1.807) is 12.1 Å². The van der Waals surface area contributed by atoms with E-state index in [4.69, 9.17) is 4.74 Å². The summed E-state index contributed by atoms with van der Waals surface area (Å²) in [6.45, 7) is 4.54. The fraction of sp³-hybridized carbons (Fsp3) is 0.632. The Morgan fingerprint density at radius 3 is 2.96 bits per heavy atom. The molecule has 4 heterocycles. The maximum absolute atomic E-state index is 13.2. The Kier molecular flexibility index (Phi) is 3.68. The van der Waals surface area contributed by atoms with E-state index >= 15 is 0 Å². The van der Waals surface area contributed by atoms with Crippen molar-refractivity contribution in [3.05, 3.63) is 23.8 Å². The van der Waals surface area contributed by atoms with Crippen molar-refractivity contribution in [3.63, 3.8) is 0 Å². The minimum absolute atomic E-state index is 0.0150. The number of nitrogens with one attached hydrogen (secondary N) is 1. The minimum atomic E-state index is -3.59. The molecule has 4 atom stereocenters. The fourth-order valence-electron chi connectivity index (χ4n) is 5.29. The number of benzene rings is 1. The normalized spacial score (nSPS) is 35.4. The lowest BCUT2D eigenvalue weighted by Gasteiger charge is -2.29. The number of halogens is 2. The molecular weight excluding hydrogens is 358 g/mol. The smallest absolute Gasteiger partial charge is 0.395 e. The highest BCUT2D eigenvalue weighted by Crippen LogP contribution is 2.55. The van der Waals surface area contributed by atoms with E-state index in [0.29, 0.717) is 24.9 Å². The van der Waals surface area contributed by atoms with Gasteiger partial charge < -0.3 is 19.5 Å². The molecule has 0 radical (unpaired) electrons. The molecule has 5 rings (SSSR count). The third-order valence-corrected chi connectivity index (χ3v) is 6.31. The topological polar surface area (TPSA) is 60.0 Å². The number of ether oxygens (including phenoxy) is 3. The number of nitrogens with zero attached hydrogens (tertiary/aromatic N) is 1. The van der Waals surface area contributed by atoms with E-state index in [1.807, 2.05) is 0 Å². The second-order valence-corrected chi connectivity index (χ2v) is 8.09. The molecule has 0 unspecified atom stereocenters. The van der Waals surface area contributed by atoms with Crippen molar-refractivity contribution in [2.75, 3.05) is 19.6 Å². The molecule has 1 spiro atoms. The van der Waals surface area contributed by atoms with Gasteiger partial charge in [0.1, 0.15) is 0 Å². The van der Waals surface area contributed by atoms with E-state index in [2.05, 4.69) is 19.7 Å². The minimum Gasteiger partial charge on any atom is -0.395 e. The highest BCUT2D eigenvalue weighted by atomic mass is 19.3. The van der Waals surface area contributed by atoms with Crippen molar-refractivity contribution >= 4 is 5.91 Å². The Morgan fingerprint density at radius 2 is 2.15 bits per heavy atom. The van der Waals surface area contributed by atoms with Crippen LogP contribution in [-0.2, 0) is 16.1 Å². The summed E-state index contributed by atoms with van der Waals surface area (Å²) in [6.07, 6.45) is -1.28. The second kappa shape index (κ2) is 5.78. The summed E-state index contributed by atoms with van der Waals surface area (Å²) in [6, 6.07) is 4.94. The Morgan fingerprint density at radius 1 is 1.33 bits per heavy atom. The largest absolute Gasteiger partial charge is 0.586 e. The van der Waals surface area contributed by atoms with Gasteiger partial charge in [0.05, 0.1) is 11.7 Å². The number of likely N-dealkylation sites (tertiary alicyclic amines) is 1.